The highest BCUT2D eigenvalue weighted by molar-refractivity contribution is 8.00. The summed E-state index contributed by atoms with van der Waals surface area (Å²) in [6, 6.07) is 22.7. The number of thioether (sulfide) groups is 1. The summed E-state index contributed by atoms with van der Waals surface area (Å²) in [5.41, 5.74) is 2.17. The van der Waals surface area contributed by atoms with Crippen LogP contribution in [0.2, 0.25) is 5.02 Å². The first-order valence-electron chi connectivity index (χ1n) is 12.5. The van der Waals surface area contributed by atoms with Crippen LogP contribution in [0.5, 0.6) is 0 Å². The van der Waals surface area contributed by atoms with Crippen molar-refractivity contribution in [1.29, 1.82) is 0 Å². The minimum Gasteiger partial charge on any atom is -0.462 e. The van der Waals surface area contributed by atoms with Crippen molar-refractivity contribution in [2.75, 3.05) is 28.3 Å². The van der Waals surface area contributed by atoms with Gasteiger partial charge in [-0.05, 0) is 67.9 Å². The number of para-hydroxylation sites is 1. The Bertz CT molecular complexity index is 1590. The van der Waals surface area contributed by atoms with E-state index < -0.39 is 11.9 Å². The molecule has 3 aromatic carbocycles. The molecule has 0 aliphatic heterocycles. The highest BCUT2D eigenvalue weighted by Gasteiger charge is 2.26. The van der Waals surface area contributed by atoms with Crippen LogP contribution in [0.1, 0.15) is 42.9 Å². The second kappa shape index (κ2) is 14.0. The molecule has 210 valence electrons. The minimum atomic E-state index is -0.619. The van der Waals surface area contributed by atoms with Crippen LogP contribution in [-0.2, 0) is 9.53 Å². The van der Waals surface area contributed by atoms with Gasteiger partial charge < -0.3 is 20.7 Å². The molecule has 0 atom stereocenters. The zero-order chi connectivity index (χ0) is 29.4. The van der Waals surface area contributed by atoms with Crippen LogP contribution in [0.3, 0.4) is 0 Å². The standard InChI is InChI=1S/C30H26ClN3O5S2/c1-3-39-30(38)25-18(2)26(28(37)32-21-11-5-4-6-12-21)41-29(25)34-24(35)17-40-23-14-8-13-22(16-23)33-27(36)19-9-7-10-20(31)15-19/h4-16H,3,17H2,1-2H3,(H,32,37)(H,33,36)(H,34,35). The predicted octanol–water partition coefficient (Wildman–Crippen LogP) is 7.12. The molecule has 3 N–H and O–H groups in total. The van der Waals surface area contributed by atoms with Gasteiger partial charge in [-0.2, -0.15) is 0 Å². The van der Waals surface area contributed by atoms with Crippen molar-refractivity contribution < 1.29 is 23.9 Å². The smallest absolute Gasteiger partial charge is 0.341 e. The Morgan fingerprint density at radius 2 is 1.56 bits per heavy atom. The molecule has 0 aliphatic rings. The maximum Gasteiger partial charge on any atom is 0.341 e. The molecule has 4 rings (SSSR count). The SMILES string of the molecule is CCOC(=O)c1c(NC(=O)CSc2cccc(NC(=O)c3cccc(Cl)c3)c2)sc(C(=O)Nc2ccccc2)c1C. The van der Waals surface area contributed by atoms with E-state index in [0.717, 1.165) is 16.2 Å². The average molecular weight is 608 g/mol. The lowest BCUT2D eigenvalue weighted by Crippen LogP contribution is -2.16. The molecular weight excluding hydrogens is 582 g/mol. The maximum atomic E-state index is 13.0. The molecule has 11 heteroatoms. The third kappa shape index (κ3) is 7.97. The number of anilines is 3. The van der Waals surface area contributed by atoms with E-state index in [1.54, 1.807) is 80.6 Å². The van der Waals surface area contributed by atoms with Gasteiger partial charge in [0.15, 0.2) is 0 Å². The van der Waals surface area contributed by atoms with E-state index in [-0.39, 0.29) is 34.7 Å². The van der Waals surface area contributed by atoms with Gasteiger partial charge in [0.05, 0.1) is 22.8 Å². The van der Waals surface area contributed by atoms with E-state index in [0.29, 0.717) is 32.4 Å². The van der Waals surface area contributed by atoms with Crippen molar-refractivity contribution in [3.63, 3.8) is 0 Å². The highest BCUT2D eigenvalue weighted by atomic mass is 35.5. The van der Waals surface area contributed by atoms with Gasteiger partial charge in [-0.15, -0.1) is 23.1 Å². The summed E-state index contributed by atoms with van der Waals surface area (Å²) in [4.78, 5) is 52.2. The summed E-state index contributed by atoms with van der Waals surface area (Å²) in [7, 11) is 0. The number of nitrogens with one attached hydrogen (secondary N) is 3. The molecule has 41 heavy (non-hydrogen) atoms. The molecule has 3 amide bonds. The number of benzene rings is 3. The van der Waals surface area contributed by atoms with Crippen molar-refractivity contribution in [3.8, 4) is 0 Å². The number of halogens is 1. The van der Waals surface area contributed by atoms with Crippen molar-refractivity contribution in [3.05, 3.63) is 105 Å². The first-order chi connectivity index (χ1) is 19.7. The summed E-state index contributed by atoms with van der Waals surface area (Å²) in [6.07, 6.45) is 0. The lowest BCUT2D eigenvalue weighted by molar-refractivity contribution is -0.113. The molecule has 1 heterocycles. The second-order valence-corrected chi connectivity index (χ2v) is 11.1. The number of thiophene rings is 1. The zero-order valence-corrected chi connectivity index (χ0v) is 24.5. The molecule has 4 aromatic rings. The maximum absolute atomic E-state index is 13.0. The van der Waals surface area contributed by atoms with Crippen molar-refractivity contribution in [1.82, 2.24) is 0 Å². The van der Waals surface area contributed by atoms with E-state index in [1.807, 2.05) is 12.1 Å². The van der Waals surface area contributed by atoms with E-state index >= 15 is 0 Å². The molecule has 1 aromatic heterocycles. The van der Waals surface area contributed by atoms with Crippen LogP contribution in [0, 0.1) is 6.92 Å². The fourth-order valence-electron chi connectivity index (χ4n) is 3.78. The van der Waals surface area contributed by atoms with Crippen LogP contribution in [0.15, 0.2) is 83.8 Å². The molecule has 0 spiro atoms. The van der Waals surface area contributed by atoms with Crippen molar-refractivity contribution >= 4 is 74.8 Å². The number of carbonyl (C=O) groups is 4. The molecule has 0 saturated carbocycles. The number of amides is 3. The number of hydrogen-bond donors (Lipinski definition) is 3. The van der Waals surface area contributed by atoms with E-state index in [4.69, 9.17) is 16.3 Å². The molecule has 0 saturated heterocycles. The largest absolute Gasteiger partial charge is 0.462 e. The number of rotatable bonds is 10. The van der Waals surface area contributed by atoms with Crippen LogP contribution in [0.4, 0.5) is 16.4 Å². The number of ether oxygens (including phenoxy) is 1. The second-order valence-electron chi connectivity index (χ2n) is 8.63. The average Bonchev–Trinajstić information content (AvgIpc) is 3.28. The summed E-state index contributed by atoms with van der Waals surface area (Å²) in [6.45, 7) is 3.48. The monoisotopic (exact) mass is 607 g/mol. The van der Waals surface area contributed by atoms with Gasteiger partial charge in [0.1, 0.15) is 5.00 Å². The summed E-state index contributed by atoms with van der Waals surface area (Å²) >= 11 is 8.25. The molecule has 8 nitrogen and oxygen atoms in total. The number of carbonyl (C=O) groups excluding carboxylic acids is 4. The third-order valence-electron chi connectivity index (χ3n) is 5.67. The highest BCUT2D eigenvalue weighted by Crippen LogP contribution is 2.35. The molecule has 0 bridgehead atoms. The first-order valence-corrected chi connectivity index (χ1v) is 14.7. The Labute approximate surface area is 250 Å². The Kier molecular flexibility index (Phi) is 10.2. The summed E-state index contributed by atoms with van der Waals surface area (Å²) in [5, 5.41) is 9.11. The summed E-state index contributed by atoms with van der Waals surface area (Å²) in [5.74, 6) is -1.66. The normalized spacial score (nSPS) is 10.5. The van der Waals surface area contributed by atoms with E-state index in [1.165, 1.54) is 11.8 Å². The third-order valence-corrected chi connectivity index (χ3v) is 8.10. The summed E-state index contributed by atoms with van der Waals surface area (Å²) < 4.78 is 5.19. The quantitative estimate of drug-likeness (QED) is 0.131. The topological polar surface area (TPSA) is 114 Å². The Hall–Kier alpha value is -4.12. The first kappa shape index (κ1) is 29.9. The van der Waals surface area contributed by atoms with E-state index in [2.05, 4.69) is 16.0 Å². The van der Waals surface area contributed by atoms with Gasteiger partial charge in [-0.25, -0.2) is 4.79 Å². The van der Waals surface area contributed by atoms with Gasteiger partial charge >= 0.3 is 5.97 Å². The fourth-order valence-corrected chi connectivity index (χ4v) is 5.84. The van der Waals surface area contributed by atoms with E-state index in [9.17, 15) is 19.2 Å². The zero-order valence-electron chi connectivity index (χ0n) is 22.2. The lowest BCUT2D eigenvalue weighted by Gasteiger charge is -2.09. The van der Waals surface area contributed by atoms with Crippen LogP contribution >= 0.6 is 34.7 Å². The van der Waals surface area contributed by atoms with Gasteiger partial charge in [0, 0.05) is 26.9 Å². The molecule has 0 radical (unpaired) electrons. The molecule has 0 fully saturated rings. The Morgan fingerprint density at radius 3 is 2.29 bits per heavy atom. The number of hydrogen-bond acceptors (Lipinski definition) is 7. The van der Waals surface area contributed by atoms with Crippen LogP contribution in [0.25, 0.3) is 0 Å². The van der Waals surface area contributed by atoms with Crippen molar-refractivity contribution in [2.24, 2.45) is 0 Å². The van der Waals surface area contributed by atoms with Gasteiger partial charge in [0.2, 0.25) is 5.91 Å². The van der Waals surface area contributed by atoms with Crippen molar-refractivity contribution in [2.45, 2.75) is 18.7 Å². The van der Waals surface area contributed by atoms with Crippen LogP contribution in [-0.4, -0.2) is 36.1 Å². The predicted molar refractivity (Wildman–Crippen MR) is 165 cm³/mol. The van der Waals surface area contributed by atoms with Gasteiger partial charge in [-0.3, -0.25) is 14.4 Å². The van der Waals surface area contributed by atoms with Crippen LogP contribution < -0.4 is 16.0 Å². The Morgan fingerprint density at radius 1 is 0.854 bits per heavy atom. The Balaban J connectivity index is 1.44. The molecule has 0 unspecified atom stereocenters. The number of esters is 1. The lowest BCUT2D eigenvalue weighted by atomic mass is 10.1. The fraction of sp³-hybridized carbons (Fsp3) is 0.133. The van der Waals surface area contributed by atoms with Gasteiger partial charge in [-0.1, -0.05) is 41.9 Å². The molecular formula is C30H26ClN3O5S2. The molecule has 0 aliphatic carbocycles. The van der Waals surface area contributed by atoms with Gasteiger partial charge in [0.25, 0.3) is 11.8 Å². The minimum absolute atomic E-state index is 0.0243.